The molecule has 3 nitrogen and oxygen atoms in total. The van der Waals surface area contributed by atoms with Gasteiger partial charge in [0.1, 0.15) is 6.10 Å². The fraction of sp³-hybridized carbons (Fsp3) is 0.643. The third kappa shape index (κ3) is 2.97. The highest BCUT2D eigenvalue weighted by atomic mass is 16.5. The van der Waals surface area contributed by atoms with Gasteiger partial charge in [-0.2, -0.15) is 0 Å². The number of nitrogens with one attached hydrogen (secondary N) is 1. The molecule has 1 aromatic heterocycles. The summed E-state index contributed by atoms with van der Waals surface area (Å²) < 4.78 is 5.80. The van der Waals surface area contributed by atoms with Crippen molar-refractivity contribution in [2.24, 2.45) is 0 Å². The molecule has 0 radical (unpaired) electrons. The molecular formula is C14H22N2O. The van der Waals surface area contributed by atoms with Crippen molar-refractivity contribution in [3.05, 3.63) is 23.9 Å². The highest BCUT2D eigenvalue weighted by Crippen LogP contribution is 2.26. The second-order valence-electron chi connectivity index (χ2n) is 5.83. The van der Waals surface area contributed by atoms with Crippen molar-refractivity contribution < 1.29 is 4.74 Å². The first-order valence-corrected chi connectivity index (χ1v) is 6.29. The van der Waals surface area contributed by atoms with Crippen LogP contribution in [0.2, 0.25) is 0 Å². The Balaban J connectivity index is 1.91. The van der Waals surface area contributed by atoms with Gasteiger partial charge in [-0.1, -0.05) is 26.8 Å². The van der Waals surface area contributed by atoms with Gasteiger partial charge in [0, 0.05) is 18.3 Å². The third-order valence-electron chi connectivity index (χ3n) is 3.39. The van der Waals surface area contributed by atoms with E-state index in [0.29, 0.717) is 12.1 Å². The highest BCUT2D eigenvalue weighted by Gasteiger charge is 2.29. The number of nitrogens with zero attached hydrogens (tertiary/aromatic N) is 1. The van der Waals surface area contributed by atoms with Crippen molar-refractivity contribution >= 4 is 0 Å². The maximum atomic E-state index is 5.80. The van der Waals surface area contributed by atoms with Crippen LogP contribution in [0.5, 0.6) is 5.88 Å². The van der Waals surface area contributed by atoms with Crippen LogP contribution in [0.1, 0.15) is 39.2 Å². The van der Waals surface area contributed by atoms with Gasteiger partial charge in [0.15, 0.2) is 0 Å². The molecule has 0 saturated heterocycles. The molecular weight excluding hydrogens is 212 g/mol. The number of hydrogen-bond acceptors (Lipinski definition) is 3. The van der Waals surface area contributed by atoms with E-state index in [9.17, 15) is 0 Å². The Morgan fingerprint density at radius 2 is 2.00 bits per heavy atom. The van der Waals surface area contributed by atoms with Crippen LogP contribution < -0.4 is 10.1 Å². The van der Waals surface area contributed by atoms with Gasteiger partial charge in [0.25, 0.3) is 0 Å². The number of ether oxygens (including phenoxy) is 1. The average Bonchev–Trinajstić information content (AvgIpc) is 2.22. The van der Waals surface area contributed by atoms with Gasteiger partial charge in [-0.05, 0) is 30.9 Å². The van der Waals surface area contributed by atoms with E-state index in [-0.39, 0.29) is 5.41 Å². The predicted molar refractivity (Wildman–Crippen MR) is 69.4 cm³/mol. The normalized spacial score (nSPS) is 24.2. The summed E-state index contributed by atoms with van der Waals surface area (Å²) in [7, 11) is 2.00. The lowest BCUT2D eigenvalue weighted by molar-refractivity contribution is 0.0838. The lowest BCUT2D eigenvalue weighted by Gasteiger charge is -2.34. The number of aromatic nitrogens is 1. The van der Waals surface area contributed by atoms with Gasteiger partial charge < -0.3 is 10.1 Å². The minimum absolute atomic E-state index is 0.152. The molecule has 1 fully saturated rings. The van der Waals surface area contributed by atoms with Gasteiger partial charge in [-0.15, -0.1) is 0 Å². The first kappa shape index (κ1) is 12.4. The van der Waals surface area contributed by atoms with E-state index < -0.39 is 0 Å². The number of pyridine rings is 1. The van der Waals surface area contributed by atoms with Gasteiger partial charge in [-0.25, -0.2) is 4.98 Å². The van der Waals surface area contributed by atoms with Crippen LogP contribution in [0.25, 0.3) is 0 Å². The Kier molecular flexibility index (Phi) is 3.38. The molecule has 0 atom stereocenters. The average molecular weight is 234 g/mol. The molecule has 17 heavy (non-hydrogen) atoms. The summed E-state index contributed by atoms with van der Waals surface area (Å²) in [5.74, 6) is 0.748. The minimum atomic E-state index is 0.152. The molecule has 0 bridgehead atoms. The smallest absolute Gasteiger partial charge is 0.213 e. The molecule has 1 aliphatic carbocycles. The van der Waals surface area contributed by atoms with Crippen molar-refractivity contribution in [2.75, 3.05) is 7.05 Å². The second-order valence-corrected chi connectivity index (χ2v) is 5.83. The molecule has 1 heterocycles. The highest BCUT2D eigenvalue weighted by molar-refractivity contribution is 5.23. The van der Waals surface area contributed by atoms with Crippen LogP contribution in [-0.4, -0.2) is 24.2 Å². The van der Waals surface area contributed by atoms with E-state index in [1.807, 2.05) is 19.3 Å². The van der Waals surface area contributed by atoms with Gasteiger partial charge in [-0.3, -0.25) is 0 Å². The largest absolute Gasteiger partial charge is 0.474 e. The Bertz CT molecular complexity index is 361. The van der Waals surface area contributed by atoms with E-state index in [4.69, 9.17) is 4.74 Å². The number of rotatable bonds is 3. The van der Waals surface area contributed by atoms with Crippen LogP contribution in [0.3, 0.4) is 0 Å². The second kappa shape index (κ2) is 4.65. The lowest BCUT2D eigenvalue weighted by atomic mass is 9.88. The molecule has 1 N–H and O–H groups in total. The summed E-state index contributed by atoms with van der Waals surface area (Å²) in [4.78, 5) is 4.38. The summed E-state index contributed by atoms with van der Waals surface area (Å²) in [5, 5.41) is 3.25. The van der Waals surface area contributed by atoms with Crippen molar-refractivity contribution in [3.63, 3.8) is 0 Å². The number of hydrogen-bond donors (Lipinski definition) is 1. The third-order valence-corrected chi connectivity index (χ3v) is 3.39. The van der Waals surface area contributed by atoms with Gasteiger partial charge in [0.05, 0.1) is 0 Å². The van der Waals surface area contributed by atoms with Crippen molar-refractivity contribution in [1.82, 2.24) is 10.3 Å². The van der Waals surface area contributed by atoms with Gasteiger partial charge in [0.2, 0.25) is 5.88 Å². The monoisotopic (exact) mass is 234 g/mol. The van der Waals surface area contributed by atoms with E-state index in [0.717, 1.165) is 18.7 Å². The Morgan fingerprint density at radius 3 is 2.47 bits per heavy atom. The molecule has 2 rings (SSSR count). The summed E-state index contributed by atoms with van der Waals surface area (Å²) in [6.45, 7) is 6.57. The van der Waals surface area contributed by atoms with E-state index in [1.165, 1.54) is 5.56 Å². The molecule has 0 aromatic carbocycles. The van der Waals surface area contributed by atoms with Crippen molar-refractivity contribution in [1.29, 1.82) is 0 Å². The van der Waals surface area contributed by atoms with Crippen molar-refractivity contribution in [2.45, 2.75) is 51.2 Å². The van der Waals surface area contributed by atoms with Crippen LogP contribution in [-0.2, 0) is 5.41 Å². The lowest BCUT2D eigenvalue weighted by Crippen LogP contribution is -2.45. The zero-order valence-corrected chi connectivity index (χ0v) is 11.2. The molecule has 3 heteroatoms. The van der Waals surface area contributed by atoms with Crippen molar-refractivity contribution in [3.8, 4) is 5.88 Å². The molecule has 0 amide bonds. The van der Waals surface area contributed by atoms with Crippen LogP contribution in [0, 0.1) is 0 Å². The molecule has 0 aliphatic heterocycles. The van der Waals surface area contributed by atoms with Gasteiger partial charge >= 0.3 is 0 Å². The molecule has 0 spiro atoms. The summed E-state index contributed by atoms with van der Waals surface area (Å²) in [6.07, 6.45) is 4.42. The maximum Gasteiger partial charge on any atom is 0.213 e. The summed E-state index contributed by atoms with van der Waals surface area (Å²) in [6, 6.07) is 4.71. The molecule has 1 aliphatic rings. The van der Waals surface area contributed by atoms with E-state index in [1.54, 1.807) is 0 Å². The first-order chi connectivity index (χ1) is 7.99. The molecule has 1 saturated carbocycles. The summed E-state index contributed by atoms with van der Waals surface area (Å²) >= 11 is 0. The Morgan fingerprint density at radius 1 is 1.29 bits per heavy atom. The molecule has 94 valence electrons. The van der Waals surface area contributed by atoms with E-state index in [2.05, 4.69) is 37.1 Å². The Labute approximate surface area is 104 Å². The van der Waals surface area contributed by atoms with Crippen LogP contribution in [0.15, 0.2) is 18.3 Å². The Hall–Kier alpha value is -1.09. The zero-order chi connectivity index (χ0) is 12.5. The summed E-state index contributed by atoms with van der Waals surface area (Å²) in [5.41, 5.74) is 1.39. The van der Waals surface area contributed by atoms with Crippen LogP contribution in [0.4, 0.5) is 0 Å². The SMILES string of the molecule is CN[C@H]1C[C@H](Oc2ccc(C(C)(C)C)cn2)C1. The fourth-order valence-corrected chi connectivity index (χ4v) is 1.96. The van der Waals surface area contributed by atoms with E-state index >= 15 is 0 Å². The van der Waals surface area contributed by atoms with Crippen LogP contribution >= 0.6 is 0 Å². The standard InChI is InChI=1S/C14H22N2O/c1-14(2,3)10-5-6-13(16-9-10)17-12-7-11(8-12)15-4/h5-6,9,11-12,15H,7-8H2,1-4H3/t11-,12-. The quantitative estimate of drug-likeness (QED) is 0.872. The topological polar surface area (TPSA) is 34.1 Å². The first-order valence-electron chi connectivity index (χ1n) is 6.29. The predicted octanol–water partition coefficient (Wildman–Crippen LogP) is 2.51. The molecule has 0 unspecified atom stereocenters. The maximum absolute atomic E-state index is 5.80. The fourth-order valence-electron chi connectivity index (χ4n) is 1.96. The zero-order valence-electron chi connectivity index (χ0n) is 11.2. The minimum Gasteiger partial charge on any atom is -0.474 e. The molecule has 1 aromatic rings.